The van der Waals surface area contributed by atoms with Crippen LogP contribution in [-0.2, 0) is 22.4 Å². The second-order valence-corrected chi connectivity index (χ2v) is 11.4. The van der Waals surface area contributed by atoms with E-state index in [2.05, 4.69) is 50.7 Å². The van der Waals surface area contributed by atoms with Crippen LogP contribution in [0.3, 0.4) is 0 Å². The predicted molar refractivity (Wildman–Crippen MR) is 149 cm³/mol. The standard InChI is InChI=1S/C29H48N6O2/c1-6-34(7-2)29(36)23-10-8-22(9-11-23)24-12-13-26-25(15-24)28(33-32-26)27(31-18-30)14-19(3)35-16-20(4)37-21(5)17-35/h10,18-22,24,27H,6-9,11-17H2,1-5H3,(H2,30,31)(H,32,33). The molecule has 6 unspecified atom stereocenters. The monoisotopic (exact) mass is 512 g/mol. The van der Waals surface area contributed by atoms with E-state index in [0.717, 1.165) is 76.0 Å². The lowest BCUT2D eigenvalue weighted by molar-refractivity contribution is -0.127. The van der Waals surface area contributed by atoms with Crippen LogP contribution in [0, 0.1) is 11.8 Å². The molecule has 2 aliphatic carbocycles. The molecule has 206 valence electrons. The Bertz CT molecular complexity index is 958. The number of aromatic nitrogens is 2. The molecule has 1 amide bonds. The summed E-state index contributed by atoms with van der Waals surface area (Å²) in [6.45, 7) is 14.1. The smallest absolute Gasteiger partial charge is 0.249 e. The van der Waals surface area contributed by atoms with Gasteiger partial charge in [0, 0.05) is 43.5 Å². The summed E-state index contributed by atoms with van der Waals surface area (Å²) < 4.78 is 5.94. The van der Waals surface area contributed by atoms with Crippen molar-refractivity contribution in [3.8, 4) is 0 Å². The van der Waals surface area contributed by atoms with Gasteiger partial charge in [-0.15, -0.1) is 0 Å². The summed E-state index contributed by atoms with van der Waals surface area (Å²) in [4.78, 5) is 22.0. The van der Waals surface area contributed by atoms with Gasteiger partial charge in [-0.25, -0.2) is 0 Å². The second-order valence-electron chi connectivity index (χ2n) is 11.4. The van der Waals surface area contributed by atoms with E-state index < -0.39 is 0 Å². The van der Waals surface area contributed by atoms with Crippen LogP contribution in [-0.4, -0.2) is 76.7 Å². The lowest BCUT2D eigenvalue weighted by Crippen LogP contribution is -2.49. The fraction of sp³-hybridized carbons (Fsp3) is 0.759. The van der Waals surface area contributed by atoms with Crippen molar-refractivity contribution >= 4 is 12.2 Å². The third-order valence-electron chi connectivity index (χ3n) is 8.88. The van der Waals surface area contributed by atoms with Crippen molar-refractivity contribution in [3.05, 3.63) is 28.6 Å². The molecule has 8 nitrogen and oxygen atoms in total. The van der Waals surface area contributed by atoms with Crippen LogP contribution in [0.1, 0.15) is 89.7 Å². The molecule has 4 rings (SSSR count). The Balaban J connectivity index is 1.43. The zero-order chi connectivity index (χ0) is 26.5. The zero-order valence-electron chi connectivity index (χ0n) is 23.6. The van der Waals surface area contributed by atoms with Gasteiger partial charge < -0.3 is 15.4 Å². The summed E-state index contributed by atoms with van der Waals surface area (Å²) >= 11 is 0. The number of aryl methyl sites for hydroxylation is 1. The molecule has 3 aliphatic rings. The van der Waals surface area contributed by atoms with Crippen LogP contribution in [0.15, 0.2) is 16.6 Å². The molecule has 0 spiro atoms. The number of H-pyrrole nitrogens is 1. The van der Waals surface area contributed by atoms with Gasteiger partial charge in [-0.05, 0) is 97.0 Å². The van der Waals surface area contributed by atoms with Crippen molar-refractivity contribution in [2.45, 2.75) is 104 Å². The number of likely N-dealkylation sites (N-methyl/N-ethyl adjacent to an activating group) is 1. The summed E-state index contributed by atoms with van der Waals surface area (Å²) in [6.07, 6.45) is 11.3. The lowest BCUT2D eigenvalue weighted by Gasteiger charge is -2.39. The number of carbonyl (C=O) groups excluding carboxylic acids is 1. The number of carbonyl (C=O) groups is 1. The number of hydrogen-bond acceptors (Lipinski definition) is 5. The summed E-state index contributed by atoms with van der Waals surface area (Å²) in [7, 11) is 0. The van der Waals surface area contributed by atoms with Crippen molar-refractivity contribution in [1.29, 1.82) is 0 Å². The van der Waals surface area contributed by atoms with Gasteiger partial charge in [-0.3, -0.25) is 19.8 Å². The first-order chi connectivity index (χ1) is 17.8. The Hall–Kier alpha value is -2.19. The number of nitrogens with two attached hydrogens (primary N) is 1. The molecule has 1 aromatic rings. The van der Waals surface area contributed by atoms with E-state index in [1.54, 1.807) is 0 Å². The summed E-state index contributed by atoms with van der Waals surface area (Å²) in [6, 6.07) is 0.316. The molecule has 6 atom stereocenters. The number of rotatable bonds is 9. The number of nitrogens with zero attached hydrogens (tertiary/aromatic N) is 4. The van der Waals surface area contributed by atoms with Crippen LogP contribution in [0.4, 0.5) is 0 Å². The fourth-order valence-electron chi connectivity index (χ4n) is 6.81. The molecule has 0 aromatic carbocycles. The summed E-state index contributed by atoms with van der Waals surface area (Å²) in [5.41, 5.74) is 10.5. The van der Waals surface area contributed by atoms with Gasteiger partial charge in [-0.2, -0.15) is 5.10 Å². The number of ether oxygens (including phenoxy) is 1. The molecule has 3 N–H and O–H groups in total. The fourth-order valence-corrected chi connectivity index (χ4v) is 6.81. The van der Waals surface area contributed by atoms with E-state index in [9.17, 15) is 4.79 Å². The summed E-state index contributed by atoms with van der Waals surface area (Å²) in [5, 5.41) is 8.14. The molecule has 0 bridgehead atoms. The first-order valence-corrected chi connectivity index (χ1v) is 14.5. The Morgan fingerprint density at radius 1 is 1.24 bits per heavy atom. The number of aliphatic imine (C=N–C) groups is 1. The minimum Gasteiger partial charge on any atom is -0.390 e. The highest BCUT2D eigenvalue weighted by Gasteiger charge is 2.34. The number of nitrogens with one attached hydrogen (secondary N) is 1. The topological polar surface area (TPSA) is 99.8 Å². The van der Waals surface area contributed by atoms with Gasteiger partial charge in [0.05, 0.1) is 30.3 Å². The third-order valence-corrected chi connectivity index (χ3v) is 8.88. The van der Waals surface area contributed by atoms with E-state index in [1.807, 2.05) is 4.90 Å². The first kappa shape index (κ1) is 27.8. The molecule has 1 aromatic heterocycles. The average Bonchev–Trinajstić information content (AvgIpc) is 3.32. The minimum absolute atomic E-state index is 0.0447. The molecular formula is C29H48N6O2. The minimum atomic E-state index is -0.0447. The SMILES string of the molecule is CCN(CC)C(=O)C1=CCC(C2CCc3[nH]nc(C(CC(C)N4CC(C)OC(C)C4)N=CN)c3C2)CC1. The Morgan fingerprint density at radius 3 is 2.57 bits per heavy atom. The van der Waals surface area contributed by atoms with Gasteiger partial charge >= 0.3 is 0 Å². The largest absolute Gasteiger partial charge is 0.390 e. The van der Waals surface area contributed by atoms with Crippen LogP contribution in [0.2, 0.25) is 0 Å². The zero-order valence-corrected chi connectivity index (χ0v) is 23.6. The van der Waals surface area contributed by atoms with Gasteiger partial charge in [0.2, 0.25) is 5.91 Å². The van der Waals surface area contributed by atoms with E-state index in [0.29, 0.717) is 17.9 Å². The Morgan fingerprint density at radius 2 is 1.95 bits per heavy atom. The maximum absolute atomic E-state index is 12.8. The molecule has 1 saturated heterocycles. The van der Waals surface area contributed by atoms with E-state index in [4.69, 9.17) is 20.6 Å². The van der Waals surface area contributed by atoms with Crippen LogP contribution >= 0.6 is 0 Å². The molecular weight excluding hydrogens is 464 g/mol. The van der Waals surface area contributed by atoms with E-state index >= 15 is 0 Å². The van der Waals surface area contributed by atoms with Crippen LogP contribution < -0.4 is 5.73 Å². The number of allylic oxidation sites excluding steroid dienone is 1. The van der Waals surface area contributed by atoms with Crippen molar-refractivity contribution in [2.75, 3.05) is 26.2 Å². The molecule has 0 saturated carbocycles. The maximum Gasteiger partial charge on any atom is 0.249 e. The normalized spacial score (nSPS) is 28.5. The highest BCUT2D eigenvalue weighted by Crippen LogP contribution is 2.40. The van der Waals surface area contributed by atoms with E-state index in [-0.39, 0.29) is 24.2 Å². The van der Waals surface area contributed by atoms with Crippen LogP contribution in [0.25, 0.3) is 0 Å². The first-order valence-electron chi connectivity index (χ1n) is 14.5. The maximum atomic E-state index is 12.8. The molecule has 0 radical (unpaired) electrons. The average molecular weight is 513 g/mol. The van der Waals surface area contributed by atoms with Crippen molar-refractivity contribution in [3.63, 3.8) is 0 Å². The number of morpholine rings is 1. The predicted octanol–water partition coefficient (Wildman–Crippen LogP) is 4.03. The van der Waals surface area contributed by atoms with E-state index in [1.165, 1.54) is 24.0 Å². The van der Waals surface area contributed by atoms with Gasteiger partial charge in [-0.1, -0.05) is 6.08 Å². The molecule has 37 heavy (non-hydrogen) atoms. The summed E-state index contributed by atoms with van der Waals surface area (Å²) in [5.74, 6) is 1.47. The van der Waals surface area contributed by atoms with Gasteiger partial charge in [0.25, 0.3) is 0 Å². The number of amides is 1. The molecule has 1 fully saturated rings. The Labute approximate surface area is 223 Å². The number of aromatic amines is 1. The van der Waals surface area contributed by atoms with Gasteiger partial charge in [0.15, 0.2) is 0 Å². The van der Waals surface area contributed by atoms with Crippen molar-refractivity contribution < 1.29 is 9.53 Å². The number of hydrogen-bond donors (Lipinski definition) is 2. The Kier molecular flexibility index (Phi) is 9.46. The van der Waals surface area contributed by atoms with Crippen LogP contribution in [0.5, 0.6) is 0 Å². The lowest BCUT2D eigenvalue weighted by atomic mass is 9.72. The molecule has 8 heteroatoms. The third kappa shape index (κ3) is 6.45. The highest BCUT2D eigenvalue weighted by molar-refractivity contribution is 5.93. The van der Waals surface area contributed by atoms with Gasteiger partial charge in [0.1, 0.15) is 0 Å². The quantitative estimate of drug-likeness (QED) is 0.384. The molecule has 1 aliphatic heterocycles. The highest BCUT2D eigenvalue weighted by atomic mass is 16.5. The molecule has 2 heterocycles. The van der Waals surface area contributed by atoms with Crippen molar-refractivity contribution in [2.24, 2.45) is 22.6 Å². The second kappa shape index (κ2) is 12.6. The van der Waals surface area contributed by atoms with Crippen molar-refractivity contribution in [1.82, 2.24) is 20.0 Å². The number of fused-ring (bicyclic) bond motifs is 1.